The van der Waals surface area contributed by atoms with Gasteiger partial charge >= 0.3 is 5.69 Å². The topological polar surface area (TPSA) is 72.6 Å². The van der Waals surface area contributed by atoms with Gasteiger partial charge in [-0.3, -0.25) is 10.1 Å². The number of ether oxygens (including phenoxy) is 1. The van der Waals surface area contributed by atoms with Crippen molar-refractivity contribution in [2.45, 2.75) is 13.0 Å². The van der Waals surface area contributed by atoms with Gasteiger partial charge in [-0.25, -0.2) is 4.39 Å². The number of benzene rings is 2. The van der Waals surface area contributed by atoms with E-state index >= 15 is 0 Å². The molecule has 1 atom stereocenters. The monoisotopic (exact) mass is 355 g/mol. The molecule has 0 spiro atoms. The fraction of sp³-hybridized carbons (Fsp3) is 0.143. The van der Waals surface area contributed by atoms with Crippen LogP contribution in [0.4, 0.5) is 10.1 Å². The lowest BCUT2D eigenvalue weighted by molar-refractivity contribution is -0.385. The molecule has 0 aliphatic carbocycles. The Kier molecular flexibility index (Phi) is 4.54. The number of hydrogen-bond donors (Lipinski definition) is 1. The Labute approximate surface area is 128 Å². The zero-order valence-electron chi connectivity index (χ0n) is 10.9. The van der Waals surface area contributed by atoms with Crippen molar-refractivity contribution >= 4 is 21.6 Å². The quantitative estimate of drug-likeness (QED) is 0.653. The lowest BCUT2D eigenvalue weighted by Crippen LogP contribution is -1.99. The van der Waals surface area contributed by atoms with Crippen LogP contribution < -0.4 is 4.74 Å². The van der Waals surface area contributed by atoms with Crippen LogP contribution in [0.3, 0.4) is 0 Å². The van der Waals surface area contributed by atoms with Crippen LogP contribution in [0.25, 0.3) is 0 Å². The molecule has 0 fully saturated rings. The van der Waals surface area contributed by atoms with E-state index in [0.717, 1.165) is 12.1 Å². The van der Waals surface area contributed by atoms with Crippen LogP contribution in [0.1, 0.15) is 18.6 Å². The second-order valence-electron chi connectivity index (χ2n) is 4.31. The standard InChI is InChI=1S/C14H11BrFNO4/c1-8(18)9-4-2-3-5-13(9)21-14-7-11(16)10(15)6-12(14)17(19)20/h2-8,18H,1H3/t8-/m1/s1. The van der Waals surface area contributed by atoms with Crippen LogP contribution in [-0.4, -0.2) is 10.0 Å². The van der Waals surface area contributed by atoms with E-state index in [9.17, 15) is 19.6 Å². The SMILES string of the molecule is C[C@@H](O)c1ccccc1Oc1cc(F)c(Br)cc1[N+](=O)[O-]. The Morgan fingerprint density at radius 3 is 2.62 bits per heavy atom. The van der Waals surface area contributed by atoms with Crippen LogP contribution in [0.2, 0.25) is 0 Å². The van der Waals surface area contributed by atoms with E-state index in [1.165, 1.54) is 0 Å². The van der Waals surface area contributed by atoms with E-state index in [2.05, 4.69) is 15.9 Å². The highest BCUT2D eigenvalue weighted by Crippen LogP contribution is 2.37. The highest BCUT2D eigenvalue weighted by Gasteiger charge is 2.21. The molecule has 5 nitrogen and oxygen atoms in total. The largest absolute Gasteiger partial charge is 0.450 e. The number of halogens is 2. The smallest absolute Gasteiger partial charge is 0.312 e. The summed E-state index contributed by atoms with van der Waals surface area (Å²) in [4.78, 5) is 10.4. The molecule has 2 aromatic rings. The third kappa shape index (κ3) is 3.37. The van der Waals surface area contributed by atoms with Crippen molar-refractivity contribution in [2.24, 2.45) is 0 Å². The van der Waals surface area contributed by atoms with E-state index < -0.39 is 16.8 Å². The summed E-state index contributed by atoms with van der Waals surface area (Å²) >= 11 is 2.90. The number of nitro groups is 1. The summed E-state index contributed by atoms with van der Waals surface area (Å²) in [5, 5.41) is 20.7. The molecule has 0 saturated heterocycles. The van der Waals surface area contributed by atoms with Gasteiger partial charge in [-0.15, -0.1) is 0 Å². The first-order valence-electron chi connectivity index (χ1n) is 5.98. The normalized spacial score (nSPS) is 12.0. The molecular formula is C14H11BrFNO4. The third-order valence-electron chi connectivity index (χ3n) is 2.79. The summed E-state index contributed by atoms with van der Waals surface area (Å²) in [5.41, 5.74) is 0.0822. The van der Waals surface area contributed by atoms with Gasteiger partial charge < -0.3 is 9.84 Å². The van der Waals surface area contributed by atoms with E-state index in [4.69, 9.17) is 4.74 Å². The van der Waals surface area contributed by atoms with Gasteiger partial charge in [0.25, 0.3) is 0 Å². The van der Waals surface area contributed by atoms with Gasteiger partial charge in [0.1, 0.15) is 11.6 Å². The maximum absolute atomic E-state index is 13.6. The first kappa shape index (κ1) is 15.4. The fourth-order valence-corrected chi connectivity index (χ4v) is 2.11. The molecule has 0 aliphatic rings. The minimum absolute atomic E-state index is 0.0228. The van der Waals surface area contributed by atoms with Crippen molar-refractivity contribution in [1.82, 2.24) is 0 Å². The Morgan fingerprint density at radius 2 is 2.00 bits per heavy atom. The second kappa shape index (κ2) is 6.19. The predicted molar refractivity (Wildman–Crippen MR) is 77.9 cm³/mol. The first-order valence-corrected chi connectivity index (χ1v) is 6.77. The molecule has 0 saturated carbocycles. The van der Waals surface area contributed by atoms with E-state index in [-0.39, 0.29) is 21.7 Å². The minimum atomic E-state index is -0.819. The highest BCUT2D eigenvalue weighted by molar-refractivity contribution is 9.10. The van der Waals surface area contributed by atoms with Crippen LogP contribution in [-0.2, 0) is 0 Å². The number of para-hydroxylation sites is 1. The minimum Gasteiger partial charge on any atom is -0.450 e. The molecule has 7 heteroatoms. The number of nitro benzene ring substituents is 1. The van der Waals surface area contributed by atoms with Gasteiger partial charge in [-0.2, -0.15) is 0 Å². The molecule has 0 aromatic heterocycles. The van der Waals surface area contributed by atoms with Gasteiger partial charge in [0.05, 0.1) is 15.5 Å². The molecule has 0 aliphatic heterocycles. The van der Waals surface area contributed by atoms with Crippen LogP contribution in [0.15, 0.2) is 40.9 Å². The summed E-state index contributed by atoms with van der Waals surface area (Å²) in [7, 11) is 0. The van der Waals surface area contributed by atoms with E-state index in [1.807, 2.05) is 0 Å². The molecule has 21 heavy (non-hydrogen) atoms. The van der Waals surface area contributed by atoms with E-state index in [1.54, 1.807) is 31.2 Å². The molecule has 0 bridgehead atoms. The molecule has 2 rings (SSSR count). The molecule has 1 N–H and O–H groups in total. The molecule has 0 heterocycles. The van der Waals surface area contributed by atoms with Crippen molar-refractivity contribution in [3.63, 3.8) is 0 Å². The summed E-state index contributed by atoms with van der Waals surface area (Å²) in [6.07, 6.45) is -0.819. The fourth-order valence-electron chi connectivity index (χ4n) is 1.78. The molecule has 0 amide bonds. The first-order chi connectivity index (χ1) is 9.90. The molecule has 110 valence electrons. The predicted octanol–water partition coefficient (Wildman–Crippen LogP) is 4.34. The Bertz CT molecular complexity index is 691. The maximum atomic E-state index is 13.6. The zero-order valence-corrected chi connectivity index (χ0v) is 12.5. The van der Waals surface area contributed by atoms with Gasteiger partial charge in [-0.05, 0) is 28.9 Å². The number of hydrogen-bond acceptors (Lipinski definition) is 4. The number of aliphatic hydroxyl groups excluding tert-OH is 1. The maximum Gasteiger partial charge on any atom is 0.312 e. The van der Waals surface area contributed by atoms with Crippen molar-refractivity contribution in [3.8, 4) is 11.5 Å². The second-order valence-corrected chi connectivity index (χ2v) is 5.16. The highest BCUT2D eigenvalue weighted by atomic mass is 79.9. The van der Waals surface area contributed by atoms with Crippen LogP contribution >= 0.6 is 15.9 Å². The van der Waals surface area contributed by atoms with Crippen molar-refractivity contribution in [3.05, 3.63) is 62.4 Å². The van der Waals surface area contributed by atoms with Crippen molar-refractivity contribution in [2.75, 3.05) is 0 Å². The van der Waals surface area contributed by atoms with Gasteiger partial charge in [0.15, 0.2) is 0 Å². The number of rotatable bonds is 4. The lowest BCUT2D eigenvalue weighted by atomic mass is 10.1. The van der Waals surface area contributed by atoms with Gasteiger partial charge in [0.2, 0.25) is 5.75 Å². The summed E-state index contributed by atoms with van der Waals surface area (Å²) in [5.74, 6) is -0.670. The van der Waals surface area contributed by atoms with Crippen molar-refractivity contribution < 1.29 is 19.2 Å². The molecule has 0 unspecified atom stereocenters. The van der Waals surface area contributed by atoms with Crippen LogP contribution in [0.5, 0.6) is 11.5 Å². The van der Waals surface area contributed by atoms with Crippen molar-refractivity contribution in [1.29, 1.82) is 0 Å². The summed E-state index contributed by atoms with van der Waals surface area (Å²) < 4.78 is 19.0. The van der Waals surface area contributed by atoms with Gasteiger partial charge in [0, 0.05) is 17.7 Å². The number of aliphatic hydroxyl groups is 1. The summed E-state index contributed by atoms with van der Waals surface area (Å²) in [6, 6.07) is 8.50. The lowest BCUT2D eigenvalue weighted by Gasteiger charge is -2.13. The van der Waals surface area contributed by atoms with Crippen LogP contribution in [0, 0.1) is 15.9 Å². The Hall–Kier alpha value is -1.99. The Morgan fingerprint density at radius 1 is 1.33 bits per heavy atom. The average Bonchev–Trinajstić information content (AvgIpc) is 2.42. The van der Waals surface area contributed by atoms with Gasteiger partial charge in [-0.1, -0.05) is 18.2 Å². The van der Waals surface area contributed by atoms with E-state index in [0.29, 0.717) is 5.56 Å². The number of nitrogens with zero attached hydrogens (tertiary/aromatic N) is 1. The summed E-state index contributed by atoms with van der Waals surface area (Å²) in [6.45, 7) is 1.54. The third-order valence-corrected chi connectivity index (χ3v) is 3.40. The average molecular weight is 356 g/mol. The molecular weight excluding hydrogens is 345 g/mol. The molecule has 2 aromatic carbocycles. The Balaban J connectivity index is 2.49. The molecule has 0 radical (unpaired) electrons. The zero-order chi connectivity index (χ0) is 15.6.